The highest BCUT2D eigenvalue weighted by Crippen LogP contribution is 2.29. The maximum absolute atomic E-state index is 12.9. The number of pyridine rings is 1. The van der Waals surface area contributed by atoms with Crippen LogP contribution in [0.1, 0.15) is 28.4 Å². The monoisotopic (exact) mass is 357 g/mol. The zero-order valence-corrected chi connectivity index (χ0v) is 15.5. The second-order valence-corrected chi connectivity index (χ2v) is 6.74. The fourth-order valence-electron chi connectivity index (χ4n) is 3.56. The molecule has 27 heavy (non-hydrogen) atoms. The van der Waals surface area contributed by atoms with E-state index in [0.29, 0.717) is 5.56 Å². The topological polar surface area (TPSA) is 36.4 Å². The molecule has 0 N–H and O–H groups in total. The van der Waals surface area contributed by atoms with Gasteiger partial charge in [0.1, 0.15) is 5.82 Å². The van der Waals surface area contributed by atoms with Crippen LogP contribution in [0.15, 0.2) is 72.9 Å². The van der Waals surface area contributed by atoms with Crippen LogP contribution in [-0.2, 0) is 13.0 Å². The molecule has 4 rings (SSSR count). The van der Waals surface area contributed by atoms with Gasteiger partial charge < -0.3 is 9.80 Å². The van der Waals surface area contributed by atoms with E-state index in [4.69, 9.17) is 0 Å². The van der Waals surface area contributed by atoms with Crippen LogP contribution in [-0.4, -0.2) is 24.0 Å². The maximum atomic E-state index is 12.9. The van der Waals surface area contributed by atoms with Crippen LogP contribution in [0.4, 0.5) is 11.5 Å². The summed E-state index contributed by atoms with van der Waals surface area (Å²) in [5.41, 5.74) is 4.13. The molecule has 1 amide bonds. The van der Waals surface area contributed by atoms with Crippen LogP contribution in [0.3, 0.4) is 0 Å². The fraction of sp³-hybridized carbons (Fsp3) is 0.217. The number of nitrogens with zero attached hydrogens (tertiary/aromatic N) is 3. The van der Waals surface area contributed by atoms with E-state index < -0.39 is 0 Å². The van der Waals surface area contributed by atoms with Crippen molar-refractivity contribution in [3.05, 3.63) is 89.6 Å². The van der Waals surface area contributed by atoms with Gasteiger partial charge in [0.25, 0.3) is 5.91 Å². The Balaban J connectivity index is 1.51. The molecule has 0 radical (unpaired) electrons. The molecule has 0 atom stereocenters. The van der Waals surface area contributed by atoms with E-state index in [1.54, 1.807) is 6.20 Å². The Morgan fingerprint density at radius 3 is 2.56 bits per heavy atom. The lowest BCUT2D eigenvalue weighted by Crippen LogP contribution is -2.29. The molecule has 4 heteroatoms. The third kappa shape index (κ3) is 3.56. The minimum atomic E-state index is 0.0186. The van der Waals surface area contributed by atoms with Crippen molar-refractivity contribution in [1.29, 1.82) is 0 Å². The zero-order valence-electron chi connectivity index (χ0n) is 15.5. The number of fused-ring (bicyclic) bond motifs is 1. The van der Waals surface area contributed by atoms with Gasteiger partial charge in [-0.05, 0) is 42.7 Å². The van der Waals surface area contributed by atoms with Crippen molar-refractivity contribution < 1.29 is 4.79 Å². The average molecular weight is 357 g/mol. The van der Waals surface area contributed by atoms with E-state index in [9.17, 15) is 4.79 Å². The number of rotatable bonds is 5. The van der Waals surface area contributed by atoms with Gasteiger partial charge in [-0.3, -0.25) is 4.79 Å². The summed E-state index contributed by atoms with van der Waals surface area (Å²) in [7, 11) is 0. The Morgan fingerprint density at radius 2 is 1.81 bits per heavy atom. The maximum Gasteiger partial charge on any atom is 0.259 e. The van der Waals surface area contributed by atoms with Crippen molar-refractivity contribution in [3.8, 4) is 0 Å². The number of carbonyl (C=O) groups excluding carboxylic acids is 1. The van der Waals surface area contributed by atoms with Crippen LogP contribution in [0.25, 0.3) is 0 Å². The zero-order chi connectivity index (χ0) is 18.6. The largest absolute Gasteiger partial charge is 0.353 e. The second kappa shape index (κ2) is 7.62. The van der Waals surface area contributed by atoms with Crippen LogP contribution in [0.2, 0.25) is 0 Å². The molecule has 0 bridgehead atoms. The summed E-state index contributed by atoms with van der Waals surface area (Å²) in [4.78, 5) is 21.6. The van der Waals surface area contributed by atoms with Gasteiger partial charge in [-0.15, -0.1) is 0 Å². The molecular weight excluding hydrogens is 334 g/mol. The minimum absolute atomic E-state index is 0.0186. The number of amides is 1. The van der Waals surface area contributed by atoms with E-state index in [0.717, 1.165) is 37.6 Å². The van der Waals surface area contributed by atoms with E-state index in [1.807, 2.05) is 53.4 Å². The number of para-hydroxylation sites is 1. The first-order valence-corrected chi connectivity index (χ1v) is 9.41. The first-order chi connectivity index (χ1) is 13.3. The second-order valence-electron chi connectivity index (χ2n) is 6.74. The van der Waals surface area contributed by atoms with Crippen molar-refractivity contribution in [3.63, 3.8) is 0 Å². The Labute approximate surface area is 160 Å². The quantitative estimate of drug-likeness (QED) is 0.683. The SMILES string of the molecule is CCN(Cc1ccccc1)c1ccc(C(=O)N2CCc3ccccc32)cn1. The van der Waals surface area contributed by atoms with E-state index >= 15 is 0 Å². The molecule has 2 heterocycles. The lowest BCUT2D eigenvalue weighted by molar-refractivity contribution is 0.0989. The fourth-order valence-corrected chi connectivity index (χ4v) is 3.56. The molecule has 1 aliphatic heterocycles. The summed E-state index contributed by atoms with van der Waals surface area (Å²) < 4.78 is 0. The molecule has 0 saturated carbocycles. The average Bonchev–Trinajstić information content (AvgIpc) is 3.16. The van der Waals surface area contributed by atoms with E-state index in [2.05, 4.69) is 35.0 Å². The molecular formula is C23H23N3O. The van der Waals surface area contributed by atoms with Crippen LogP contribution < -0.4 is 9.80 Å². The van der Waals surface area contributed by atoms with Gasteiger partial charge in [-0.1, -0.05) is 48.5 Å². The lowest BCUT2D eigenvalue weighted by Gasteiger charge is -2.22. The summed E-state index contributed by atoms with van der Waals surface area (Å²) in [5, 5.41) is 0. The number of benzene rings is 2. The van der Waals surface area contributed by atoms with Crippen molar-refractivity contribution in [2.75, 3.05) is 22.9 Å². The minimum Gasteiger partial charge on any atom is -0.353 e. The molecule has 1 aromatic heterocycles. The first kappa shape index (κ1) is 17.3. The summed E-state index contributed by atoms with van der Waals surface area (Å²) >= 11 is 0. The number of hydrogen-bond acceptors (Lipinski definition) is 3. The molecule has 4 nitrogen and oxygen atoms in total. The summed E-state index contributed by atoms with van der Waals surface area (Å²) in [6.07, 6.45) is 2.61. The van der Waals surface area contributed by atoms with Gasteiger partial charge in [0.2, 0.25) is 0 Å². The number of aromatic nitrogens is 1. The molecule has 0 saturated heterocycles. The molecule has 2 aromatic carbocycles. The van der Waals surface area contributed by atoms with Crippen molar-refractivity contribution in [2.45, 2.75) is 19.9 Å². The van der Waals surface area contributed by atoms with Gasteiger partial charge in [0.15, 0.2) is 0 Å². The van der Waals surface area contributed by atoms with Gasteiger partial charge >= 0.3 is 0 Å². The van der Waals surface area contributed by atoms with Crippen molar-refractivity contribution in [1.82, 2.24) is 4.98 Å². The van der Waals surface area contributed by atoms with Gasteiger partial charge in [-0.25, -0.2) is 4.98 Å². The number of hydrogen-bond donors (Lipinski definition) is 0. The van der Waals surface area contributed by atoms with Crippen molar-refractivity contribution >= 4 is 17.4 Å². The first-order valence-electron chi connectivity index (χ1n) is 9.41. The number of carbonyl (C=O) groups is 1. The normalized spacial score (nSPS) is 12.7. The molecule has 3 aromatic rings. The summed E-state index contributed by atoms with van der Waals surface area (Å²) in [6, 6.07) is 22.3. The van der Waals surface area contributed by atoms with E-state index in [-0.39, 0.29) is 5.91 Å². The molecule has 0 unspecified atom stereocenters. The Morgan fingerprint density at radius 1 is 1.04 bits per heavy atom. The van der Waals surface area contributed by atoms with E-state index in [1.165, 1.54) is 11.1 Å². The van der Waals surface area contributed by atoms with Crippen LogP contribution in [0.5, 0.6) is 0 Å². The Bertz CT molecular complexity index is 922. The Hall–Kier alpha value is -3.14. The van der Waals surface area contributed by atoms with Gasteiger partial charge in [0, 0.05) is 31.5 Å². The highest BCUT2D eigenvalue weighted by molar-refractivity contribution is 6.07. The molecule has 0 fully saturated rings. The van der Waals surface area contributed by atoms with Crippen LogP contribution in [0, 0.1) is 0 Å². The summed E-state index contributed by atoms with van der Waals surface area (Å²) in [6.45, 7) is 4.51. The molecule has 0 aliphatic carbocycles. The van der Waals surface area contributed by atoms with Crippen molar-refractivity contribution in [2.24, 2.45) is 0 Å². The molecule has 1 aliphatic rings. The van der Waals surface area contributed by atoms with Crippen LogP contribution >= 0.6 is 0 Å². The Kier molecular flexibility index (Phi) is 4.88. The predicted octanol–water partition coefficient (Wildman–Crippen LogP) is 4.31. The third-order valence-corrected chi connectivity index (χ3v) is 5.05. The number of anilines is 2. The molecule has 0 spiro atoms. The smallest absolute Gasteiger partial charge is 0.259 e. The summed E-state index contributed by atoms with van der Waals surface area (Å²) in [5.74, 6) is 0.907. The lowest BCUT2D eigenvalue weighted by atomic mass is 10.2. The highest BCUT2D eigenvalue weighted by atomic mass is 16.2. The standard InChI is InChI=1S/C23H23N3O/c1-2-25(17-18-8-4-3-5-9-18)22-13-12-20(16-24-22)23(27)26-15-14-19-10-6-7-11-21(19)26/h3-13,16H,2,14-15,17H2,1H3. The molecule has 136 valence electrons. The highest BCUT2D eigenvalue weighted by Gasteiger charge is 2.25. The predicted molar refractivity (Wildman–Crippen MR) is 109 cm³/mol. The van der Waals surface area contributed by atoms with Gasteiger partial charge in [0.05, 0.1) is 5.56 Å². The third-order valence-electron chi connectivity index (χ3n) is 5.05. The van der Waals surface area contributed by atoms with Gasteiger partial charge in [-0.2, -0.15) is 0 Å².